The summed E-state index contributed by atoms with van der Waals surface area (Å²) >= 11 is 5.49. The zero-order valence-corrected chi connectivity index (χ0v) is 6.97. The van der Waals surface area contributed by atoms with Gasteiger partial charge in [-0.3, -0.25) is 14.6 Å². The Morgan fingerprint density at radius 1 is 1.55 bits per heavy atom. The molecule has 0 radical (unpaired) electrons. The Kier molecular flexibility index (Phi) is 3.23. The molecule has 62 valence electrons. The SMILES string of the molecule is O=c1ccn(CCCCCl)[nH]1. The van der Waals surface area contributed by atoms with Crippen molar-refractivity contribution in [2.45, 2.75) is 19.4 Å². The summed E-state index contributed by atoms with van der Waals surface area (Å²) in [5.74, 6) is 0.686. The summed E-state index contributed by atoms with van der Waals surface area (Å²) in [6.07, 6.45) is 3.74. The zero-order chi connectivity index (χ0) is 8.10. The number of halogens is 1. The van der Waals surface area contributed by atoms with E-state index < -0.39 is 0 Å². The van der Waals surface area contributed by atoms with Gasteiger partial charge in [0.05, 0.1) is 0 Å². The first-order chi connectivity index (χ1) is 5.33. The van der Waals surface area contributed by atoms with Gasteiger partial charge in [-0.1, -0.05) is 0 Å². The van der Waals surface area contributed by atoms with Crippen LogP contribution in [0, 0.1) is 0 Å². The number of aromatic nitrogens is 2. The number of rotatable bonds is 4. The van der Waals surface area contributed by atoms with Crippen molar-refractivity contribution in [2.75, 3.05) is 5.88 Å². The number of unbranched alkanes of at least 4 members (excludes halogenated alkanes) is 1. The molecule has 4 heteroatoms. The van der Waals surface area contributed by atoms with Gasteiger partial charge in [0.25, 0.3) is 5.56 Å². The number of H-pyrrole nitrogens is 1. The highest BCUT2D eigenvalue weighted by molar-refractivity contribution is 6.17. The number of alkyl halides is 1. The van der Waals surface area contributed by atoms with Crippen LogP contribution in [0.4, 0.5) is 0 Å². The van der Waals surface area contributed by atoms with Crippen molar-refractivity contribution >= 4 is 11.6 Å². The smallest absolute Gasteiger partial charge is 0.264 e. The van der Waals surface area contributed by atoms with E-state index in [1.165, 1.54) is 6.07 Å². The average Bonchev–Trinajstić information content (AvgIpc) is 2.37. The van der Waals surface area contributed by atoms with Gasteiger partial charge < -0.3 is 0 Å². The summed E-state index contributed by atoms with van der Waals surface area (Å²) in [7, 11) is 0. The maximum atomic E-state index is 10.6. The Balaban J connectivity index is 2.33. The fraction of sp³-hybridized carbons (Fsp3) is 0.571. The van der Waals surface area contributed by atoms with Crippen molar-refractivity contribution in [1.29, 1.82) is 0 Å². The van der Waals surface area contributed by atoms with Gasteiger partial charge in [0.2, 0.25) is 0 Å². The average molecular weight is 175 g/mol. The normalized spacial score (nSPS) is 10.3. The molecular formula is C7H11ClN2O. The maximum absolute atomic E-state index is 10.6. The number of hydrogen-bond donors (Lipinski definition) is 1. The third kappa shape index (κ3) is 2.80. The highest BCUT2D eigenvalue weighted by Crippen LogP contribution is 1.94. The van der Waals surface area contributed by atoms with Crippen LogP contribution in [0.5, 0.6) is 0 Å². The minimum Gasteiger partial charge on any atom is -0.292 e. The molecule has 11 heavy (non-hydrogen) atoms. The van der Waals surface area contributed by atoms with Gasteiger partial charge in [0.15, 0.2) is 0 Å². The van der Waals surface area contributed by atoms with Gasteiger partial charge in [-0.15, -0.1) is 11.6 Å². The Labute approximate surface area is 70.0 Å². The summed E-state index contributed by atoms with van der Waals surface area (Å²) in [5, 5.41) is 2.65. The molecule has 0 aliphatic heterocycles. The molecule has 0 amide bonds. The molecule has 1 aromatic rings. The van der Waals surface area contributed by atoms with Crippen molar-refractivity contribution in [1.82, 2.24) is 9.78 Å². The Morgan fingerprint density at radius 2 is 2.36 bits per heavy atom. The van der Waals surface area contributed by atoms with Gasteiger partial charge in [0.1, 0.15) is 0 Å². The fourth-order valence-electron chi connectivity index (χ4n) is 0.881. The van der Waals surface area contributed by atoms with E-state index in [2.05, 4.69) is 5.10 Å². The van der Waals surface area contributed by atoms with E-state index in [1.54, 1.807) is 10.9 Å². The van der Waals surface area contributed by atoms with Gasteiger partial charge >= 0.3 is 0 Å². The van der Waals surface area contributed by atoms with E-state index in [0.717, 1.165) is 19.4 Å². The van der Waals surface area contributed by atoms with E-state index >= 15 is 0 Å². The molecule has 1 rings (SSSR count). The van der Waals surface area contributed by atoms with Crippen LogP contribution in [0.1, 0.15) is 12.8 Å². The first kappa shape index (κ1) is 8.40. The van der Waals surface area contributed by atoms with Crippen LogP contribution in [-0.2, 0) is 6.54 Å². The largest absolute Gasteiger partial charge is 0.292 e. The molecule has 0 fully saturated rings. The molecule has 1 aromatic heterocycles. The van der Waals surface area contributed by atoms with Crippen LogP contribution in [0.3, 0.4) is 0 Å². The summed E-state index contributed by atoms with van der Waals surface area (Å²) in [6.45, 7) is 0.842. The van der Waals surface area contributed by atoms with E-state index in [4.69, 9.17) is 11.6 Å². The Bertz CT molecular complexity index is 253. The molecular weight excluding hydrogens is 164 g/mol. The molecule has 0 bridgehead atoms. The van der Waals surface area contributed by atoms with Crippen molar-refractivity contribution in [3.63, 3.8) is 0 Å². The zero-order valence-electron chi connectivity index (χ0n) is 6.22. The van der Waals surface area contributed by atoms with Gasteiger partial charge in [-0.05, 0) is 12.8 Å². The van der Waals surface area contributed by atoms with Gasteiger partial charge in [-0.25, -0.2) is 0 Å². The topological polar surface area (TPSA) is 37.8 Å². The standard InChI is InChI=1S/C7H11ClN2O/c8-4-1-2-5-10-6-3-7(11)9-10/h3,6H,1-2,4-5H2,(H,9,11). The molecule has 0 aliphatic carbocycles. The predicted octanol–water partition coefficient (Wildman–Crippen LogP) is 1.20. The minimum absolute atomic E-state index is 0.0455. The lowest BCUT2D eigenvalue weighted by Gasteiger charge is -1.98. The fourth-order valence-corrected chi connectivity index (χ4v) is 1.07. The van der Waals surface area contributed by atoms with Crippen LogP contribution < -0.4 is 5.56 Å². The van der Waals surface area contributed by atoms with Crippen molar-refractivity contribution < 1.29 is 0 Å². The number of hydrogen-bond acceptors (Lipinski definition) is 1. The molecule has 0 aliphatic rings. The maximum Gasteiger partial charge on any atom is 0.264 e. The molecule has 1 heterocycles. The lowest BCUT2D eigenvalue weighted by Crippen LogP contribution is -2.05. The van der Waals surface area contributed by atoms with Gasteiger partial charge in [0, 0.05) is 24.7 Å². The second kappa shape index (κ2) is 4.23. The second-order valence-electron chi connectivity index (χ2n) is 2.38. The summed E-state index contributed by atoms with van der Waals surface area (Å²) in [4.78, 5) is 10.6. The second-order valence-corrected chi connectivity index (χ2v) is 2.76. The third-order valence-corrected chi connectivity index (χ3v) is 1.71. The third-order valence-electron chi connectivity index (χ3n) is 1.44. The molecule has 3 nitrogen and oxygen atoms in total. The molecule has 0 unspecified atom stereocenters. The number of aromatic amines is 1. The lowest BCUT2D eigenvalue weighted by atomic mass is 10.3. The molecule has 1 N–H and O–H groups in total. The highest BCUT2D eigenvalue weighted by atomic mass is 35.5. The van der Waals surface area contributed by atoms with Crippen LogP contribution in [0.25, 0.3) is 0 Å². The summed E-state index contributed by atoms with van der Waals surface area (Å²) in [6, 6.07) is 1.51. The van der Waals surface area contributed by atoms with Crippen LogP contribution in [0.15, 0.2) is 17.1 Å². The molecule has 0 saturated carbocycles. The summed E-state index contributed by atoms with van der Waals surface area (Å²) in [5.41, 5.74) is -0.0455. The van der Waals surface area contributed by atoms with E-state index in [-0.39, 0.29) is 5.56 Å². The van der Waals surface area contributed by atoms with Crippen molar-refractivity contribution in [2.24, 2.45) is 0 Å². The van der Waals surface area contributed by atoms with Crippen LogP contribution in [0.2, 0.25) is 0 Å². The minimum atomic E-state index is -0.0455. The monoisotopic (exact) mass is 174 g/mol. The molecule has 0 atom stereocenters. The Morgan fingerprint density at radius 3 is 2.91 bits per heavy atom. The molecule has 0 aromatic carbocycles. The number of aryl methyl sites for hydroxylation is 1. The van der Waals surface area contributed by atoms with Crippen LogP contribution >= 0.6 is 11.6 Å². The number of nitrogens with zero attached hydrogens (tertiary/aromatic N) is 1. The van der Waals surface area contributed by atoms with Gasteiger partial charge in [-0.2, -0.15) is 0 Å². The van der Waals surface area contributed by atoms with E-state index in [9.17, 15) is 4.79 Å². The molecule has 0 spiro atoms. The predicted molar refractivity (Wildman–Crippen MR) is 45.0 cm³/mol. The van der Waals surface area contributed by atoms with Crippen molar-refractivity contribution in [3.8, 4) is 0 Å². The Hall–Kier alpha value is -0.700. The summed E-state index contributed by atoms with van der Waals surface area (Å²) < 4.78 is 1.77. The first-order valence-electron chi connectivity index (χ1n) is 3.64. The van der Waals surface area contributed by atoms with E-state index in [1.807, 2.05) is 0 Å². The first-order valence-corrected chi connectivity index (χ1v) is 4.18. The quantitative estimate of drug-likeness (QED) is 0.541. The van der Waals surface area contributed by atoms with Crippen LogP contribution in [-0.4, -0.2) is 15.7 Å². The lowest BCUT2D eigenvalue weighted by molar-refractivity contribution is 0.569. The van der Waals surface area contributed by atoms with E-state index in [0.29, 0.717) is 5.88 Å². The number of nitrogens with one attached hydrogen (secondary N) is 1. The molecule has 0 saturated heterocycles. The van der Waals surface area contributed by atoms with Crippen molar-refractivity contribution in [3.05, 3.63) is 22.6 Å². The highest BCUT2D eigenvalue weighted by Gasteiger charge is 1.90.